The molecule has 0 spiro atoms. The van der Waals surface area contributed by atoms with Gasteiger partial charge in [0.25, 0.3) is 5.78 Å². The fourth-order valence-electron chi connectivity index (χ4n) is 3.02. The van der Waals surface area contributed by atoms with Crippen LogP contribution in [0.25, 0.3) is 17.0 Å². The smallest absolute Gasteiger partial charge is 0.252 e. The number of fused-ring (bicyclic) bond motifs is 1. The van der Waals surface area contributed by atoms with Crippen molar-refractivity contribution in [2.75, 3.05) is 0 Å². The van der Waals surface area contributed by atoms with E-state index >= 15 is 0 Å². The monoisotopic (exact) mass is 332 g/mol. The van der Waals surface area contributed by atoms with Crippen LogP contribution in [0.1, 0.15) is 23.0 Å². The van der Waals surface area contributed by atoms with Crippen LogP contribution in [0.4, 0.5) is 0 Å². The van der Waals surface area contributed by atoms with Crippen LogP contribution >= 0.6 is 0 Å². The summed E-state index contributed by atoms with van der Waals surface area (Å²) in [5, 5.41) is 4.57. The zero-order chi connectivity index (χ0) is 17.4. The molecule has 0 saturated carbocycles. The van der Waals surface area contributed by atoms with Gasteiger partial charge in [-0.05, 0) is 19.9 Å². The van der Waals surface area contributed by atoms with Crippen LogP contribution in [0.15, 0.2) is 42.6 Å². The molecule has 0 aliphatic heterocycles. The molecule has 0 fully saturated rings. The zero-order valence-corrected chi connectivity index (χ0v) is 14.6. The van der Waals surface area contributed by atoms with E-state index in [1.165, 1.54) is 0 Å². The highest BCUT2D eigenvalue weighted by Crippen LogP contribution is 2.18. The van der Waals surface area contributed by atoms with Gasteiger partial charge >= 0.3 is 0 Å². The largest absolute Gasteiger partial charge is 0.337 e. The number of aromatic nitrogens is 6. The Morgan fingerprint density at radius 3 is 2.56 bits per heavy atom. The minimum Gasteiger partial charge on any atom is -0.337 e. The van der Waals surface area contributed by atoms with Crippen molar-refractivity contribution in [1.82, 2.24) is 29.1 Å². The third-order valence-electron chi connectivity index (χ3n) is 4.28. The molecule has 126 valence electrons. The maximum atomic E-state index is 4.77. The average molecular weight is 332 g/mol. The summed E-state index contributed by atoms with van der Waals surface area (Å²) in [6, 6.07) is 12.2. The molecule has 0 unspecified atom stereocenters. The van der Waals surface area contributed by atoms with Gasteiger partial charge in [-0.15, -0.1) is 5.10 Å². The predicted octanol–water partition coefficient (Wildman–Crippen LogP) is 2.93. The van der Waals surface area contributed by atoms with E-state index in [4.69, 9.17) is 4.98 Å². The molecule has 3 heterocycles. The topological polar surface area (TPSA) is 60.9 Å². The van der Waals surface area contributed by atoms with E-state index in [0.717, 1.165) is 47.1 Å². The Hall–Kier alpha value is -3.02. The fourth-order valence-corrected chi connectivity index (χ4v) is 3.02. The van der Waals surface area contributed by atoms with Crippen LogP contribution in [0, 0.1) is 13.8 Å². The van der Waals surface area contributed by atoms with Crippen molar-refractivity contribution in [2.45, 2.75) is 26.7 Å². The van der Waals surface area contributed by atoms with Crippen LogP contribution in [-0.2, 0) is 19.9 Å². The Kier molecular flexibility index (Phi) is 3.80. The number of rotatable bonds is 4. The second-order valence-electron chi connectivity index (χ2n) is 6.30. The van der Waals surface area contributed by atoms with Crippen LogP contribution in [-0.4, -0.2) is 29.1 Å². The number of hydrogen-bond donors (Lipinski definition) is 0. The maximum absolute atomic E-state index is 4.77. The molecule has 0 N–H and O–H groups in total. The Labute approximate surface area is 146 Å². The minimum absolute atomic E-state index is 0.664. The third-order valence-corrected chi connectivity index (χ3v) is 4.28. The molecule has 25 heavy (non-hydrogen) atoms. The van der Waals surface area contributed by atoms with Crippen LogP contribution in [0.2, 0.25) is 0 Å². The predicted molar refractivity (Wildman–Crippen MR) is 96.3 cm³/mol. The van der Waals surface area contributed by atoms with Crippen molar-refractivity contribution in [3.8, 4) is 11.3 Å². The molecule has 1 aromatic carbocycles. The van der Waals surface area contributed by atoms with Crippen molar-refractivity contribution in [3.05, 3.63) is 65.6 Å². The summed E-state index contributed by atoms with van der Waals surface area (Å²) in [7, 11) is 2.03. The highest BCUT2D eigenvalue weighted by atomic mass is 15.3. The van der Waals surface area contributed by atoms with Crippen molar-refractivity contribution in [2.24, 2.45) is 7.05 Å². The molecule has 0 atom stereocenters. The van der Waals surface area contributed by atoms with Crippen molar-refractivity contribution in [1.29, 1.82) is 0 Å². The number of aryl methyl sites for hydroxylation is 5. The molecular formula is C19H20N6. The van der Waals surface area contributed by atoms with Gasteiger partial charge in [0.05, 0.1) is 5.69 Å². The lowest BCUT2D eigenvalue weighted by molar-refractivity contribution is 0.742. The molecule has 6 heteroatoms. The first kappa shape index (κ1) is 15.5. The zero-order valence-electron chi connectivity index (χ0n) is 14.6. The molecule has 4 aromatic rings. The third kappa shape index (κ3) is 3.03. The van der Waals surface area contributed by atoms with Crippen LogP contribution in [0.3, 0.4) is 0 Å². The summed E-state index contributed by atoms with van der Waals surface area (Å²) < 4.78 is 3.88. The molecule has 0 aliphatic rings. The van der Waals surface area contributed by atoms with Crippen LogP contribution < -0.4 is 0 Å². The van der Waals surface area contributed by atoms with Gasteiger partial charge in [0.1, 0.15) is 5.82 Å². The minimum atomic E-state index is 0.664. The van der Waals surface area contributed by atoms with E-state index in [1.54, 1.807) is 4.52 Å². The maximum Gasteiger partial charge on any atom is 0.252 e. The van der Waals surface area contributed by atoms with E-state index in [0.29, 0.717) is 5.78 Å². The summed E-state index contributed by atoms with van der Waals surface area (Å²) in [5.41, 5.74) is 4.13. The Balaban J connectivity index is 1.56. The van der Waals surface area contributed by atoms with Crippen molar-refractivity contribution in [3.63, 3.8) is 0 Å². The summed E-state index contributed by atoms with van der Waals surface area (Å²) in [6.45, 7) is 3.99. The number of imidazole rings is 1. The quantitative estimate of drug-likeness (QED) is 0.576. The second kappa shape index (κ2) is 6.12. The standard InChI is InChI=1S/C19H20N6/c1-13-11-14(2)25-19(20-13)22-17(23-25)9-10-18-21-16(12-24(18)3)15-7-5-4-6-8-15/h4-8,11-12H,9-10H2,1-3H3. The molecule has 0 amide bonds. The van der Waals surface area contributed by atoms with Gasteiger partial charge in [0.15, 0.2) is 5.82 Å². The highest BCUT2D eigenvalue weighted by Gasteiger charge is 2.11. The van der Waals surface area contributed by atoms with Gasteiger partial charge in [-0.1, -0.05) is 30.3 Å². The Morgan fingerprint density at radius 1 is 0.960 bits per heavy atom. The highest BCUT2D eigenvalue weighted by molar-refractivity contribution is 5.58. The Morgan fingerprint density at radius 2 is 1.76 bits per heavy atom. The lowest BCUT2D eigenvalue weighted by atomic mass is 10.2. The van der Waals surface area contributed by atoms with E-state index < -0.39 is 0 Å². The molecule has 0 bridgehead atoms. The van der Waals surface area contributed by atoms with Crippen molar-refractivity contribution >= 4 is 5.78 Å². The van der Waals surface area contributed by atoms with Gasteiger partial charge < -0.3 is 4.57 Å². The summed E-state index contributed by atoms with van der Waals surface area (Å²) in [6.07, 6.45) is 3.59. The summed E-state index contributed by atoms with van der Waals surface area (Å²) in [4.78, 5) is 13.8. The van der Waals surface area contributed by atoms with E-state index in [2.05, 4.69) is 38.0 Å². The molecular weight excluding hydrogens is 312 g/mol. The van der Waals surface area contributed by atoms with Gasteiger partial charge in [-0.2, -0.15) is 4.98 Å². The lowest BCUT2D eigenvalue weighted by Crippen LogP contribution is -2.01. The molecule has 4 rings (SSSR count). The number of nitrogens with zero attached hydrogens (tertiary/aromatic N) is 6. The number of hydrogen-bond acceptors (Lipinski definition) is 4. The normalized spacial score (nSPS) is 11.3. The molecule has 0 saturated heterocycles. The lowest BCUT2D eigenvalue weighted by Gasteiger charge is -1.98. The SMILES string of the molecule is Cc1cc(C)n2nc(CCc3nc(-c4ccccc4)cn3C)nc2n1. The average Bonchev–Trinajstić information content (AvgIpc) is 3.17. The van der Waals surface area contributed by atoms with Gasteiger partial charge in [-0.25, -0.2) is 14.5 Å². The van der Waals surface area contributed by atoms with E-state index in [-0.39, 0.29) is 0 Å². The van der Waals surface area contributed by atoms with E-state index in [9.17, 15) is 0 Å². The summed E-state index contributed by atoms with van der Waals surface area (Å²) in [5.74, 6) is 2.49. The first-order valence-electron chi connectivity index (χ1n) is 8.38. The van der Waals surface area contributed by atoms with Gasteiger partial charge in [0, 0.05) is 43.0 Å². The first-order chi connectivity index (χ1) is 12.1. The summed E-state index contributed by atoms with van der Waals surface area (Å²) >= 11 is 0. The number of benzene rings is 1. The molecule has 3 aromatic heterocycles. The fraction of sp³-hybridized carbons (Fsp3) is 0.263. The van der Waals surface area contributed by atoms with Crippen molar-refractivity contribution < 1.29 is 0 Å². The van der Waals surface area contributed by atoms with Gasteiger partial charge in [0.2, 0.25) is 0 Å². The first-order valence-corrected chi connectivity index (χ1v) is 8.38. The van der Waals surface area contributed by atoms with Crippen LogP contribution in [0.5, 0.6) is 0 Å². The second-order valence-corrected chi connectivity index (χ2v) is 6.30. The molecule has 0 radical (unpaired) electrons. The van der Waals surface area contributed by atoms with E-state index in [1.807, 2.05) is 45.2 Å². The Bertz CT molecular complexity index is 1030. The molecule has 0 aliphatic carbocycles. The van der Waals surface area contributed by atoms with Gasteiger partial charge in [-0.3, -0.25) is 0 Å². The molecule has 6 nitrogen and oxygen atoms in total.